The summed E-state index contributed by atoms with van der Waals surface area (Å²) < 4.78 is 0. The number of nitrogens with one attached hydrogen (secondary N) is 1. The third-order valence-electron chi connectivity index (χ3n) is 5.74. The van der Waals surface area contributed by atoms with Crippen LogP contribution in [0.1, 0.15) is 64.7 Å². The second kappa shape index (κ2) is 6.03. The van der Waals surface area contributed by atoms with Gasteiger partial charge in [0.05, 0.1) is 6.07 Å². The molecule has 0 bridgehead atoms. The predicted molar refractivity (Wildman–Crippen MR) is 81.3 cm³/mol. The fourth-order valence-corrected chi connectivity index (χ4v) is 4.18. The molecule has 3 rings (SSSR count). The van der Waals surface area contributed by atoms with Crippen molar-refractivity contribution in [3.63, 3.8) is 0 Å². The largest absolute Gasteiger partial charge is 0.300 e. The van der Waals surface area contributed by atoms with Crippen molar-refractivity contribution in [3.8, 4) is 6.07 Å². The molecule has 0 amide bonds. The smallest absolute Gasteiger partial charge is 0.108 e. The van der Waals surface area contributed by atoms with Crippen LogP contribution in [0.5, 0.6) is 0 Å². The third-order valence-corrected chi connectivity index (χ3v) is 5.74. The van der Waals surface area contributed by atoms with E-state index in [0.717, 1.165) is 18.8 Å². The van der Waals surface area contributed by atoms with E-state index in [0.29, 0.717) is 12.1 Å². The Balaban J connectivity index is 1.57. The maximum Gasteiger partial charge on any atom is 0.108 e. The van der Waals surface area contributed by atoms with Crippen LogP contribution in [0.15, 0.2) is 0 Å². The van der Waals surface area contributed by atoms with Gasteiger partial charge in [0.25, 0.3) is 0 Å². The molecule has 3 fully saturated rings. The van der Waals surface area contributed by atoms with E-state index in [9.17, 15) is 5.26 Å². The van der Waals surface area contributed by atoms with Crippen LogP contribution in [0.3, 0.4) is 0 Å². The van der Waals surface area contributed by atoms with Gasteiger partial charge in [0, 0.05) is 12.1 Å². The monoisotopic (exact) mass is 275 g/mol. The van der Waals surface area contributed by atoms with E-state index in [1.165, 1.54) is 58.0 Å². The van der Waals surface area contributed by atoms with Gasteiger partial charge in [-0.2, -0.15) is 5.26 Å². The molecule has 0 spiro atoms. The van der Waals surface area contributed by atoms with E-state index in [1.807, 2.05) is 0 Å². The van der Waals surface area contributed by atoms with E-state index in [4.69, 9.17) is 0 Å². The number of hydrogen-bond donors (Lipinski definition) is 1. The molecule has 1 aliphatic heterocycles. The van der Waals surface area contributed by atoms with Gasteiger partial charge in [-0.05, 0) is 70.4 Å². The molecule has 3 nitrogen and oxygen atoms in total. The Morgan fingerprint density at radius 2 is 2.05 bits per heavy atom. The van der Waals surface area contributed by atoms with Gasteiger partial charge in [0.1, 0.15) is 5.54 Å². The molecule has 0 aromatic rings. The summed E-state index contributed by atoms with van der Waals surface area (Å²) in [4.78, 5) is 2.70. The summed E-state index contributed by atoms with van der Waals surface area (Å²) in [5.74, 6) is 0.937. The summed E-state index contributed by atoms with van der Waals surface area (Å²) in [5, 5.41) is 13.2. The third kappa shape index (κ3) is 3.18. The van der Waals surface area contributed by atoms with E-state index in [1.54, 1.807) is 0 Å². The normalized spacial score (nSPS) is 39.4. The SMILES string of the molecule is CCC1CCCN(C2CCC(C#N)(NC3CC3)C2)CC1. The van der Waals surface area contributed by atoms with Crippen LogP contribution < -0.4 is 5.32 Å². The highest BCUT2D eigenvalue weighted by Crippen LogP contribution is 2.37. The molecule has 2 aliphatic carbocycles. The topological polar surface area (TPSA) is 39.1 Å². The summed E-state index contributed by atoms with van der Waals surface area (Å²) in [6.07, 6.45) is 11.3. The maximum absolute atomic E-state index is 9.61. The second-order valence-corrected chi connectivity index (χ2v) is 7.25. The minimum Gasteiger partial charge on any atom is -0.300 e. The molecule has 0 radical (unpaired) electrons. The number of nitriles is 1. The molecule has 3 atom stereocenters. The first-order chi connectivity index (χ1) is 9.74. The Morgan fingerprint density at radius 1 is 1.20 bits per heavy atom. The first-order valence-electron chi connectivity index (χ1n) is 8.67. The Labute approximate surface area is 123 Å². The van der Waals surface area contributed by atoms with Gasteiger partial charge < -0.3 is 4.90 Å². The van der Waals surface area contributed by atoms with Gasteiger partial charge in [0.2, 0.25) is 0 Å². The molecule has 3 unspecified atom stereocenters. The van der Waals surface area contributed by atoms with Crippen molar-refractivity contribution in [2.45, 2.75) is 82.3 Å². The van der Waals surface area contributed by atoms with Gasteiger partial charge >= 0.3 is 0 Å². The fraction of sp³-hybridized carbons (Fsp3) is 0.941. The average Bonchev–Trinajstić information content (AvgIpc) is 3.22. The highest BCUT2D eigenvalue weighted by Gasteiger charge is 2.44. The fourth-order valence-electron chi connectivity index (χ4n) is 4.18. The summed E-state index contributed by atoms with van der Waals surface area (Å²) in [6, 6.07) is 3.91. The lowest BCUT2D eigenvalue weighted by Crippen LogP contribution is -2.45. The molecule has 1 saturated heterocycles. The average molecular weight is 275 g/mol. The summed E-state index contributed by atoms with van der Waals surface area (Å²) in [5.41, 5.74) is -0.206. The van der Waals surface area contributed by atoms with Crippen LogP contribution in [-0.2, 0) is 0 Å². The molecule has 0 aromatic carbocycles. The highest BCUT2D eigenvalue weighted by molar-refractivity contribution is 5.15. The molecule has 3 aliphatic rings. The molecular formula is C17H29N3. The molecule has 3 heteroatoms. The zero-order valence-corrected chi connectivity index (χ0v) is 12.9. The minimum atomic E-state index is -0.206. The molecule has 2 saturated carbocycles. The number of nitrogens with zero attached hydrogens (tertiary/aromatic N) is 2. The van der Waals surface area contributed by atoms with Crippen molar-refractivity contribution in [1.82, 2.24) is 10.2 Å². The highest BCUT2D eigenvalue weighted by atomic mass is 15.2. The number of hydrogen-bond acceptors (Lipinski definition) is 3. The van der Waals surface area contributed by atoms with Crippen molar-refractivity contribution in [2.75, 3.05) is 13.1 Å². The Hall–Kier alpha value is -0.590. The van der Waals surface area contributed by atoms with E-state index in [2.05, 4.69) is 23.2 Å². The van der Waals surface area contributed by atoms with Crippen LogP contribution in [-0.4, -0.2) is 35.6 Å². The lowest BCUT2D eigenvalue weighted by atomic mass is 9.98. The Morgan fingerprint density at radius 3 is 2.75 bits per heavy atom. The summed E-state index contributed by atoms with van der Waals surface area (Å²) >= 11 is 0. The van der Waals surface area contributed by atoms with E-state index in [-0.39, 0.29) is 5.54 Å². The van der Waals surface area contributed by atoms with Crippen LogP contribution in [0.4, 0.5) is 0 Å². The quantitative estimate of drug-likeness (QED) is 0.857. The standard InChI is InChI=1S/C17H29N3/c1-2-14-4-3-10-20(11-8-14)16-7-9-17(12-16,13-18)19-15-5-6-15/h14-16,19H,2-12H2,1H3. The maximum atomic E-state index is 9.61. The number of likely N-dealkylation sites (tertiary alicyclic amines) is 1. The van der Waals surface area contributed by atoms with Crippen LogP contribution in [0, 0.1) is 17.2 Å². The first-order valence-corrected chi connectivity index (χ1v) is 8.67. The molecule has 20 heavy (non-hydrogen) atoms. The molecule has 112 valence electrons. The van der Waals surface area contributed by atoms with Crippen molar-refractivity contribution in [1.29, 1.82) is 5.26 Å². The van der Waals surface area contributed by atoms with Gasteiger partial charge in [-0.3, -0.25) is 5.32 Å². The molecular weight excluding hydrogens is 246 g/mol. The van der Waals surface area contributed by atoms with E-state index < -0.39 is 0 Å². The second-order valence-electron chi connectivity index (χ2n) is 7.25. The zero-order valence-electron chi connectivity index (χ0n) is 12.9. The molecule has 0 aromatic heterocycles. The van der Waals surface area contributed by atoms with Crippen LogP contribution >= 0.6 is 0 Å². The van der Waals surface area contributed by atoms with Crippen molar-refractivity contribution in [3.05, 3.63) is 0 Å². The molecule has 1 heterocycles. The van der Waals surface area contributed by atoms with Gasteiger partial charge in [0.15, 0.2) is 0 Å². The predicted octanol–water partition coefficient (Wildman–Crippen LogP) is 3.07. The van der Waals surface area contributed by atoms with Gasteiger partial charge in [-0.15, -0.1) is 0 Å². The summed E-state index contributed by atoms with van der Waals surface area (Å²) in [6.45, 7) is 4.84. The summed E-state index contributed by atoms with van der Waals surface area (Å²) in [7, 11) is 0. The van der Waals surface area contributed by atoms with Crippen LogP contribution in [0.25, 0.3) is 0 Å². The van der Waals surface area contributed by atoms with Crippen molar-refractivity contribution >= 4 is 0 Å². The van der Waals surface area contributed by atoms with Gasteiger partial charge in [-0.1, -0.05) is 13.3 Å². The Bertz CT molecular complexity index is 371. The lowest BCUT2D eigenvalue weighted by molar-refractivity contribution is 0.196. The van der Waals surface area contributed by atoms with Crippen LogP contribution in [0.2, 0.25) is 0 Å². The van der Waals surface area contributed by atoms with Crippen molar-refractivity contribution < 1.29 is 0 Å². The lowest BCUT2D eigenvalue weighted by Gasteiger charge is -2.29. The van der Waals surface area contributed by atoms with E-state index >= 15 is 0 Å². The first kappa shape index (κ1) is 14.4. The van der Waals surface area contributed by atoms with Crippen molar-refractivity contribution in [2.24, 2.45) is 5.92 Å². The zero-order chi connectivity index (χ0) is 14.0. The minimum absolute atomic E-state index is 0.206. The number of rotatable bonds is 4. The van der Waals surface area contributed by atoms with Gasteiger partial charge in [-0.25, -0.2) is 0 Å². The Kier molecular flexibility index (Phi) is 4.33. The molecule has 1 N–H and O–H groups in total.